The Balaban J connectivity index is 0.000000313. The Bertz CT molecular complexity index is 559. The monoisotopic (exact) mass is 360 g/mol. The summed E-state index contributed by atoms with van der Waals surface area (Å²) < 4.78 is 20.6. The van der Waals surface area contributed by atoms with Crippen LogP contribution in [0, 0.1) is 11.3 Å². The van der Waals surface area contributed by atoms with E-state index in [1.165, 1.54) is 44.2 Å². The van der Waals surface area contributed by atoms with Gasteiger partial charge < -0.3 is 10.3 Å². The van der Waals surface area contributed by atoms with Gasteiger partial charge in [0.25, 0.3) is 0 Å². The first-order valence-electron chi connectivity index (χ1n) is 7.48. The summed E-state index contributed by atoms with van der Waals surface area (Å²) in [5.74, 6) is 0.0620. The van der Waals surface area contributed by atoms with E-state index in [1.807, 2.05) is 0 Å². The van der Waals surface area contributed by atoms with Gasteiger partial charge >= 0.3 is 7.82 Å². The molecule has 2 rings (SSSR count). The van der Waals surface area contributed by atoms with Gasteiger partial charge in [-0.05, 0) is 25.0 Å². The SMILES string of the molecule is N#CCCOP(=O)(O)Oc1ccccc1Cl.NC1CCCCC1. The Morgan fingerprint density at radius 3 is 2.52 bits per heavy atom. The molecule has 0 spiro atoms. The van der Waals surface area contributed by atoms with Crippen LogP contribution in [0.5, 0.6) is 5.75 Å². The predicted molar refractivity (Wildman–Crippen MR) is 89.1 cm³/mol. The number of nitrogens with zero attached hydrogens (tertiary/aromatic N) is 1. The van der Waals surface area contributed by atoms with Gasteiger partial charge in [-0.25, -0.2) is 4.57 Å². The van der Waals surface area contributed by atoms with Crippen LogP contribution >= 0.6 is 19.4 Å². The van der Waals surface area contributed by atoms with E-state index in [0.29, 0.717) is 6.04 Å². The molecule has 3 N–H and O–H groups in total. The van der Waals surface area contributed by atoms with Gasteiger partial charge in [0, 0.05) is 6.04 Å². The molecule has 1 aromatic rings. The molecule has 1 unspecified atom stereocenters. The fourth-order valence-corrected chi connectivity index (χ4v) is 3.02. The van der Waals surface area contributed by atoms with Crippen molar-refractivity contribution < 1.29 is 18.5 Å². The van der Waals surface area contributed by atoms with Gasteiger partial charge in [0.2, 0.25) is 0 Å². The van der Waals surface area contributed by atoms with Crippen molar-refractivity contribution in [2.75, 3.05) is 6.61 Å². The zero-order chi connectivity index (χ0) is 17.1. The van der Waals surface area contributed by atoms with Crippen LogP contribution in [0.3, 0.4) is 0 Å². The van der Waals surface area contributed by atoms with Gasteiger partial charge in [0.15, 0.2) is 0 Å². The molecule has 1 aliphatic rings. The van der Waals surface area contributed by atoms with Gasteiger partial charge in [0.05, 0.1) is 24.1 Å². The molecule has 1 aromatic carbocycles. The summed E-state index contributed by atoms with van der Waals surface area (Å²) in [4.78, 5) is 9.26. The van der Waals surface area contributed by atoms with Crippen molar-refractivity contribution in [2.24, 2.45) is 5.73 Å². The number of phosphoric acid groups is 1. The van der Waals surface area contributed by atoms with E-state index in [4.69, 9.17) is 27.1 Å². The number of phosphoric ester groups is 1. The number of rotatable bonds is 5. The molecule has 0 aliphatic heterocycles. The average Bonchev–Trinajstić information content (AvgIpc) is 2.51. The Labute approximate surface area is 141 Å². The van der Waals surface area contributed by atoms with E-state index in [2.05, 4.69) is 4.52 Å². The van der Waals surface area contributed by atoms with Gasteiger partial charge in [-0.3, -0.25) is 9.42 Å². The van der Waals surface area contributed by atoms with Gasteiger partial charge in [0.1, 0.15) is 5.75 Å². The highest BCUT2D eigenvalue weighted by atomic mass is 35.5. The summed E-state index contributed by atoms with van der Waals surface area (Å²) in [6.07, 6.45) is 6.67. The standard InChI is InChI=1S/C9H9ClNO4P.C6H13N/c10-8-4-1-2-5-9(8)15-16(12,13)14-7-3-6-11;7-6-4-2-1-3-5-6/h1-2,4-5H,3,7H2,(H,12,13);6H,1-5,7H2. The maximum Gasteiger partial charge on any atom is 0.527 e. The molecule has 0 radical (unpaired) electrons. The number of hydrogen-bond donors (Lipinski definition) is 2. The highest BCUT2D eigenvalue weighted by Crippen LogP contribution is 2.45. The smallest absolute Gasteiger partial charge is 0.403 e. The molecule has 6 nitrogen and oxygen atoms in total. The lowest BCUT2D eigenvalue weighted by molar-refractivity contribution is 0.207. The molecule has 1 atom stereocenters. The molecule has 0 bridgehead atoms. The van der Waals surface area contributed by atoms with Crippen LogP contribution in [0.2, 0.25) is 5.02 Å². The summed E-state index contributed by atoms with van der Waals surface area (Å²) in [7, 11) is -4.21. The third-order valence-electron chi connectivity index (χ3n) is 3.17. The largest absolute Gasteiger partial charge is 0.527 e. The van der Waals surface area contributed by atoms with Crippen molar-refractivity contribution in [3.63, 3.8) is 0 Å². The lowest BCUT2D eigenvalue weighted by Gasteiger charge is -2.15. The van der Waals surface area contributed by atoms with Crippen LogP contribution in [0.4, 0.5) is 0 Å². The minimum atomic E-state index is -4.21. The zero-order valence-electron chi connectivity index (χ0n) is 12.9. The molecule has 8 heteroatoms. The van der Waals surface area contributed by atoms with E-state index >= 15 is 0 Å². The van der Waals surface area contributed by atoms with Crippen LogP contribution in [-0.4, -0.2) is 17.5 Å². The van der Waals surface area contributed by atoms with Gasteiger partial charge in [-0.15, -0.1) is 0 Å². The van der Waals surface area contributed by atoms with E-state index in [0.717, 1.165) is 0 Å². The highest BCUT2D eigenvalue weighted by molar-refractivity contribution is 7.47. The Morgan fingerprint density at radius 1 is 1.35 bits per heavy atom. The molecule has 1 fully saturated rings. The van der Waals surface area contributed by atoms with Crippen molar-refractivity contribution >= 4 is 19.4 Å². The molecule has 0 saturated heterocycles. The maximum atomic E-state index is 11.4. The predicted octanol–water partition coefficient (Wildman–Crippen LogP) is 4.03. The highest BCUT2D eigenvalue weighted by Gasteiger charge is 2.23. The quantitative estimate of drug-likeness (QED) is 0.606. The molecule has 128 valence electrons. The minimum absolute atomic E-state index is 0.0103. The second kappa shape index (κ2) is 10.6. The van der Waals surface area contributed by atoms with Crippen LogP contribution in [-0.2, 0) is 9.09 Å². The number of halogens is 1. The van der Waals surface area contributed by atoms with E-state index in [1.54, 1.807) is 18.2 Å². The summed E-state index contributed by atoms with van der Waals surface area (Å²) in [6.45, 7) is -0.172. The number of hydrogen-bond acceptors (Lipinski definition) is 5. The molecule has 0 heterocycles. The number of benzene rings is 1. The molecule has 1 aliphatic carbocycles. The van der Waals surface area contributed by atoms with Crippen LogP contribution < -0.4 is 10.3 Å². The first-order valence-corrected chi connectivity index (χ1v) is 9.36. The second-order valence-corrected chi connectivity index (χ2v) is 6.91. The lowest BCUT2D eigenvalue weighted by atomic mass is 9.97. The Kier molecular flexibility index (Phi) is 9.23. The molecule has 23 heavy (non-hydrogen) atoms. The lowest BCUT2D eigenvalue weighted by Crippen LogP contribution is -2.22. The third-order valence-corrected chi connectivity index (χ3v) is 4.42. The third kappa shape index (κ3) is 8.95. The maximum absolute atomic E-state index is 11.4. The van der Waals surface area contributed by atoms with Crippen molar-refractivity contribution in [3.05, 3.63) is 29.3 Å². The fourth-order valence-electron chi connectivity index (χ4n) is 2.01. The molecular weight excluding hydrogens is 339 g/mol. The van der Waals surface area contributed by atoms with Gasteiger partial charge in [-0.2, -0.15) is 5.26 Å². The van der Waals surface area contributed by atoms with Crippen molar-refractivity contribution in [1.29, 1.82) is 5.26 Å². The Morgan fingerprint density at radius 2 is 2.00 bits per heavy atom. The van der Waals surface area contributed by atoms with E-state index in [-0.39, 0.29) is 23.8 Å². The molecule has 0 aromatic heterocycles. The second-order valence-electron chi connectivity index (χ2n) is 5.13. The van der Waals surface area contributed by atoms with Crippen molar-refractivity contribution in [3.8, 4) is 11.8 Å². The number of nitrogens with two attached hydrogens (primary N) is 1. The molecular formula is C15H22ClN2O4P. The first kappa shape index (κ1) is 20.0. The van der Waals surface area contributed by atoms with Crippen LogP contribution in [0.1, 0.15) is 38.5 Å². The normalized spacial score (nSPS) is 17.3. The van der Waals surface area contributed by atoms with Crippen LogP contribution in [0.25, 0.3) is 0 Å². The summed E-state index contributed by atoms with van der Waals surface area (Å²) >= 11 is 5.73. The zero-order valence-corrected chi connectivity index (χ0v) is 14.5. The Hall–Kier alpha value is -1.09. The number of para-hydroxylation sites is 1. The number of nitriles is 1. The average molecular weight is 361 g/mol. The summed E-state index contributed by atoms with van der Waals surface area (Å²) in [5, 5.41) is 8.44. The fraction of sp³-hybridized carbons (Fsp3) is 0.533. The van der Waals surface area contributed by atoms with Crippen LogP contribution in [0.15, 0.2) is 24.3 Å². The first-order chi connectivity index (χ1) is 10.9. The van der Waals surface area contributed by atoms with E-state index in [9.17, 15) is 9.46 Å². The summed E-state index contributed by atoms with van der Waals surface area (Å²) in [5.41, 5.74) is 5.63. The van der Waals surface area contributed by atoms with E-state index < -0.39 is 7.82 Å². The topological polar surface area (TPSA) is 106 Å². The summed E-state index contributed by atoms with van der Waals surface area (Å²) in [6, 6.07) is 8.54. The minimum Gasteiger partial charge on any atom is -0.403 e. The van der Waals surface area contributed by atoms with Gasteiger partial charge in [-0.1, -0.05) is 43.0 Å². The molecule has 1 saturated carbocycles. The van der Waals surface area contributed by atoms with Crippen molar-refractivity contribution in [2.45, 2.75) is 44.6 Å². The van der Waals surface area contributed by atoms with Crippen molar-refractivity contribution in [1.82, 2.24) is 0 Å². The molecule has 0 amide bonds.